The van der Waals surface area contributed by atoms with E-state index in [4.69, 9.17) is 0 Å². The van der Waals surface area contributed by atoms with Gasteiger partial charge < -0.3 is 4.90 Å². The smallest absolute Gasteiger partial charge is 0.229 e. The van der Waals surface area contributed by atoms with Crippen molar-refractivity contribution < 1.29 is 4.79 Å². The molecule has 0 aliphatic rings. The minimum Gasteiger partial charge on any atom is -0.315 e. The van der Waals surface area contributed by atoms with Gasteiger partial charge in [0.15, 0.2) is 0 Å². The van der Waals surface area contributed by atoms with Crippen molar-refractivity contribution in [1.29, 1.82) is 0 Å². The molecule has 2 aromatic carbocycles. The number of nitrogens with zero attached hydrogens (tertiary/aromatic N) is 1. The zero-order valence-electron chi connectivity index (χ0n) is 13.3. The van der Waals surface area contributed by atoms with Crippen molar-refractivity contribution in [1.82, 2.24) is 0 Å². The van der Waals surface area contributed by atoms with E-state index in [9.17, 15) is 4.79 Å². The highest BCUT2D eigenvalue weighted by Crippen LogP contribution is 2.20. The molecule has 2 heteroatoms. The minimum absolute atomic E-state index is 0.0287. The normalized spacial score (nSPS) is 12.0. The summed E-state index contributed by atoms with van der Waals surface area (Å²) in [6.45, 7) is 6.15. The minimum atomic E-state index is -0.0287. The van der Waals surface area contributed by atoms with Crippen LogP contribution in [-0.2, 0) is 11.2 Å². The number of anilines is 1. The second-order valence-corrected chi connectivity index (χ2v) is 5.76. The van der Waals surface area contributed by atoms with Crippen LogP contribution in [0, 0.1) is 19.8 Å². The van der Waals surface area contributed by atoms with E-state index in [1.54, 1.807) is 4.90 Å². The van der Waals surface area contributed by atoms with Gasteiger partial charge in [-0.1, -0.05) is 43.3 Å². The molecule has 0 radical (unpaired) electrons. The first kappa shape index (κ1) is 15.3. The first-order chi connectivity index (χ1) is 9.99. The van der Waals surface area contributed by atoms with Crippen molar-refractivity contribution in [2.24, 2.45) is 5.92 Å². The molecule has 0 aliphatic heterocycles. The Bertz CT molecular complexity index is 619. The zero-order valence-corrected chi connectivity index (χ0v) is 13.3. The van der Waals surface area contributed by atoms with Crippen LogP contribution in [-0.4, -0.2) is 13.0 Å². The predicted octanol–water partition coefficient (Wildman–Crippen LogP) is 4.15. The Morgan fingerprint density at radius 2 is 1.71 bits per heavy atom. The second kappa shape index (κ2) is 6.57. The van der Waals surface area contributed by atoms with Gasteiger partial charge in [0.25, 0.3) is 0 Å². The molecule has 0 aliphatic carbocycles. The molecule has 1 amide bonds. The van der Waals surface area contributed by atoms with Gasteiger partial charge in [-0.2, -0.15) is 0 Å². The Labute approximate surface area is 127 Å². The van der Waals surface area contributed by atoms with Crippen molar-refractivity contribution >= 4 is 11.6 Å². The van der Waals surface area contributed by atoms with Crippen molar-refractivity contribution in [2.75, 3.05) is 11.9 Å². The summed E-state index contributed by atoms with van der Waals surface area (Å²) in [6.07, 6.45) is 0.773. The molecule has 0 spiro atoms. The number of amides is 1. The van der Waals surface area contributed by atoms with Gasteiger partial charge in [-0.05, 0) is 49.1 Å². The van der Waals surface area contributed by atoms with Crippen LogP contribution in [0.2, 0.25) is 0 Å². The molecule has 0 bridgehead atoms. The maximum Gasteiger partial charge on any atom is 0.229 e. The molecule has 110 valence electrons. The molecule has 2 rings (SSSR count). The summed E-state index contributed by atoms with van der Waals surface area (Å²) in [6, 6.07) is 16.3. The van der Waals surface area contributed by atoms with Gasteiger partial charge in [0, 0.05) is 18.7 Å². The van der Waals surface area contributed by atoms with Crippen LogP contribution in [0.1, 0.15) is 23.6 Å². The molecule has 0 saturated heterocycles. The SMILES string of the molecule is Cc1ccc(N(C)C(=O)[C@@H](C)Cc2ccccc2)cc1C. The Kier molecular flexibility index (Phi) is 4.79. The molecule has 0 fully saturated rings. The van der Waals surface area contributed by atoms with Crippen LogP contribution in [0.25, 0.3) is 0 Å². The maximum absolute atomic E-state index is 12.6. The number of carbonyl (C=O) groups is 1. The second-order valence-electron chi connectivity index (χ2n) is 5.76. The fourth-order valence-electron chi connectivity index (χ4n) is 2.45. The molecular weight excluding hydrogens is 258 g/mol. The summed E-state index contributed by atoms with van der Waals surface area (Å²) in [7, 11) is 1.86. The number of carbonyl (C=O) groups excluding carboxylic acids is 1. The Balaban J connectivity index is 2.09. The Morgan fingerprint density at radius 1 is 1.05 bits per heavy atom. The number of benzene rings is 2. The third-order valence-corrected chi connectivity index (χ3v) is 4.01. The highest BCUT2D eigenvalue weighted by molar-refractivity contribution is 5.94. The van der Waals surface area contributed by atoms with Crippen LogP contribution < -0.4 is 4.90 Å². The summed E-state index contributed by atoms with van der Waals surface area (Å²) < 4.78 is 0. The summed E-state index contributed by atoms with van der Waals surface area (Å²) >= 11 is 0. The van der Waals surface area contributed by atoms with E-state index in [0.29, 0.717) is 0 Å². The van der Waals surface area contributed by atoms with Crippen molar-refractivity contribution in [3.05, 3.63) is 65.2 Å². The lowest BCUT2D eigenvalue weighted by atomic mass is 9.99. The van der Waals surface area contributed by atoms with Gasteiger partial charge in [0.1, 0.15) is 0 Å². The fraction of sp³-hybridized carbons (Fsp3) is 0.316. The molecule has 0 unspecified atom stereocenters. The molecule has 2 aromatic rings. The maximum atomic E-state index is 12.6. The van der Waals surface area contributed by atoms with Crippen molar-refractivity contribution in [3.63, 3.8) is 0 Å². The summed E-state index contributed by atoms with van der Waals surface area (Å²) in [5.74, 6) is 0.126. The fourth-order valence-corrected chi connectivity index (χ4v) is 2.45. The lowest BCUT2D eigenvalue weighted by Crippen LogP contribution is -2.32. The van der Waals surface area contributed by atoms with E-state index >= 15 is 0 Å². The van der Waals surface area contributed by atoms with Crippen LogP contribution in [0.4, 0.5) is 5.69 Å². The lowest BCUT2D eigenvalue weighted by Gasteiger charge is -2.22. The summed E-state index contributed by atoms with van der Waals surface area (Å²) in [5, 5.41) is 0. The van der Waals surface area contributed by atoms with Crippen molar-refractivity contribution in [2.45, 2.75) is 27.2 Å². The number of hydrogen-bond donors (Lipinski definition) is 0. The van der Waals surface area contributed by atoms with E-state index in [1.165, 1.54) is 16.7 Å². The van der Waals surface area contributed by atoms with Crippen LogP contribution >= 0.6 is 0 Å². The van der Waals surface area contributed by atoms with Gasteiger partial charge >= 0.3 is 0 Å². The molecule has 1 atom stereocenters. The monoisotopic (exact) mass is 281 g/mol. The topological polar surface area (TPSA) is 20.3 Å². The largest absolute Gasteiger partial charge is 0.315 e. The number of aryl methyl sites for hydroxylation is 2. The summed E-state index contributed by atoms with van der Waals surface area (Å²) in [5.41, 5.74) is 4.62. The first-order valence-electron chi connectivity index (χ1n) is 7.38. The third kappa shape index (κ3) is 3.72. The average molecular weight is 281 g/mol. The van der Waals surface area contributed by atoms with E-state index in [-0.39, 0.29) is 11.8 Å². The van der Waals surface area contributed by atoms with Crippen LogP contribution in [0.15, 0.2) is 48.5 Å². The number of hydrogen-bond acceptors (Lipinski definition) is 1. The number of rotatable bonds is 4. The summed E-state index contributed by atoms with van der Waals surface area (Å²) in [4.78, 5) is 14.3. The molecule has 0 aromatic heterocycles. The molecule has 0 heterocycles. The highest BCUT2D eigenvalue weighted by Gasteiger charge is 2.19. The molecule has 21 heavy (non-hydrogen) atoms. The quantitative estimate of drug-likeness (QED) is 0.824. The molecular formula is C19H23NO. The molecule has 2 nitrogen and oxygen atoms in total. The van der Waals surface area contributed by atoms with Gasteiger partial charge in [0.05, 0.1) is 0 Å². The Hall–Kier alpha value is -2.09. The van der Waals surface area contributed by atoms with E-state index in [1.807, 2.05) is 38.2 Å². The molecule has 0 N–H and O–H groups in total. The molecule has 0 saturated carbocycles. The zero-order chi connectivity index (χ0) is 15.4. The predicted molar refractivity (Wildman–Crippen MR) is 88.6 cm³/mol. The highest BCUT2D eigenvalue weighted by atomic mass is 16.2. The van der Waals surface area contributed by atoms with E-state index in [2.05, 4.69) is 38.1 Å². The van der Waals surface area contributed by atoms with Crippen molar-refractivity contribution in [3.8, 4) is 0 Å². The van der Waals surface area contributed by atoms with Crippen LogP contribution in [0.3, 0.4) is 0 Å². The average Bonchev–Trinajstić information content (AvgIpc) is 2.49. The van der Waals surface area contributed by atoms with Gasteiger partial charge in [-0.3, -0.25) is 4.79 Å². The van der Waals surface area contributed by atoms with E-state index in [0.717, 1.165) is 12.1 Å². The van der Waals surface area contributed by atoms with Crippen LogP contribution in [0.5, 0.6) is 0 Å². The third-order valence-electron chi connectivity index (χ3n) is 4.01. The van der Waals surface area contributed by atoms with E-state index < -0.39 is 0 Å². The standard InChI is InChI=1S/C19H23NO/c1-14-10-11-18(13-15(14)2)20(4)19(21)16(3)12-17-8-6-5-7-9-17/h5-11,13,16H,12H2,1-4H3/t16-/m0/s1. The Morgan fingerprint density at radius 3 is 2.33 bits per heavy atom. The first-order valence-corrected chi connectivity index (χ1v) is 7.38. The van der Waals surface area contributed by atoms with Gasteiger partial charge in [-0.15, -0.1) is 0 Å². The van der Waals surface area contributed by atoms with Gasteiger partial charge in [-0.25, -0.2) is 0 Å². The van der Waals surface area contributed by atoms with Gasteiger partial charge in [0.2, 0.25) is 5.91 Å². The lowest BCUT2D eigenvalue weighted by molar-refractivity contribution is -0.121.